The number of anilines is 1. The second kappa shape index (κ2) is 5.27. The van der Waals surface area contributed by atoms with Crippen molar-refractivity contribution in [3.05, 3.63) is 64.5 Å². The van der Waals surface area contributed by atoms with Crippen molar-refractivity contribution in [2.45, 2.75) is 6.92 Å². The molecular weight excluding hydrogens is 302 g/mol. The molecule has 0 atom stereocenters. The summed E-state index contributed by atoms with van der Waals surface area (Å²) in [4.78, 5) is 14.6. The fraction of sp³-hybridized carbons (Fsp3) is 0.150. The lowest BCUT2D eigenvalue weighted by Gasteiger charge is -2.12. The Hall–Kier alpha value is -3.01. The average Bonchev–Trinajstić information content (AvgIpc) is 2.96. The molecular formula is C20H17NO3. The lowest BCUT2D eigenvalue weighted by Crippen LogP contribution is -2.08. The molecule has 4 heteroatoms. The van der Waals surface area contributed by atoms with Crippen LogP contribution in [0.15, 0.2) is 62.4 Å². The lowest BCUT2D eigenvalue weighted by atomic mass is 10.1. The largest absolute Gasteiger partial charge is 0.464 e. The highest BCUT2D eigenvalue weighted by Crippen LogP contribution is 2.31. The molecule has 0 N–H and O–H groups in total. The van der Waals surface area contributed by atoms with E-state index >= 15 is 0 Å². The molecule has 4 aromatic rings. The Labute approximate surface area is 138 Å². The first kappa shape index (κ1) is 14.6. The number of furan rings is 1. The summed E-state index contributed by atoms with van der Waals surface area (Å²) in [6.45, 7) is 1.95. The summed E-state index contributed by atoms with van der Waals surface area (Å²) in [6, 6.07) is 13.0. The maximum absolute atomic E-state index is 12.5. The average molecular weight is 319 g/mol. The zero-order chi connectivity index (χ0) is 16.8. The monoisotopic (exact) mass is 319 g/mol. The molecule has 24 heavy (non-hydrogen) atoms. The van der Waals surface area contributed by atoms with Crippen LogP contribution in [0.25, 0.3) is 33.3 Å². The van der Waals surface area contributed by atoms with E-state index in [9.17, 15) is 4.79 Å². The van der Waals surface area contributed by atoms with Crippen LogP contribution in [-0.4, -0.2) is 14.1 Å². The van der Waals surface area contributed by atoms with Crippen molar-refractivity contribution >= 4 is 27.6 Å². The van der Waals surface area contributed by atoms with Crippen molar-refractivity contribution in [3.8, 4) is 11.3 Å². The first-order valence-corrected chi connectivity index (χ1v) is 7.77. The minimum Gasteiger partial charge on any atom is -0.464 e. The van der Waals surface area contributed by atoms with Gasteiger partial charge < -0.3 is 13.7 Å². The van der Waals surface area contributed by atoms with Gasteiger partial charge in [-0.15, -0.1) is 0 Å². The molecule has 4 nitrogen and oxygen atoms in total. The van der Waals surface area contributed by atoms with Crippen LogP contribution < -0.4 is 10.3 Å². The summed E-state index contributed by atoms with van der Waals surface area (Å²) in [7, 11) is 3.98. The molecule has 2 heterocycles. The van der Waals surface area contributed by atoms with E-state index in [1.54, 1.807) is 18.4 Å². The highest BCUT2D eigenvalue weighted by atomic mass is 16.3. The summed E-state index contributed by atoms with van der Waals surface area (Å²) >= 11 is 0. The van der Waals surface area contributed by atoms with E-state index in [0.29, 0.717) is 16.7 Å². The highest BCUT2D eigenvalue weighted by molar-refractivity contribution is 6.04. The maximum atomic E-state index is 12.5. The molecule has 4 rings (SSSR count). The lowest BCUT2D eigenvalue weighted by molar-refractivity contribution is 0.610. The SMILES string of the molecule is Cc1coc2ccc3c(=O)cc(-c4ccc(N(C)C)cc4)oc3c12. The fourth-order valence-corrected chi connectivity index (χ4v) is 2.95. The predicted octanol–water partition coefficient (Wildman–Crippen LogP) is 4.58. The number of aryl methyl sites for hydroxylation is 1. The summed E-state index contributed by atoms with van der Waals surface area (Å²) in [5.41, 5.74) is 4.18. The van der Waals surface area contributed by atoms with Gasteiger partial charge in [0.1, 0.15) is 16.9 Å². The number of nitrogens with zero attached hydrogens (tertiary/aromatic N) is 1. The zero-order valence-electron chi connectivity index (χ0n) is 13.8. The molecule has 0 saturated heterocycles. The number of benzene rings is 2. The Balaban J connectivity index is 1.98. The van der Waals surface area contributed by atoms with E-state index in [4.69, 9.17) is 8.83 Å². The third kappa shape index (κ3) is 2.19. The Morgan fingerprint density at radius 3 is 2.46 bits per heavy atom. The molecule has 0 aliphatic carbocycles. The second-order valence-corrected chi connectivity index (χ2v) is 6.15. The van der Waals surface area contributed by atoms with Crippen molar-refractivity contribution in [2.75, 3.05) is 19.0 Å². The molecule has 0 spiro atoms. The van der Waals surface area contributed by atoms with Crippen LogP contribution in [0.3, 0.4) is 0 Å². The Bertz CT molecular complexity index is 1100. The number of hydrogen-bond donors (Lipinski definition) is 0. The Morgan fingerprint density at radius 1 is 1.00 bits per heavy atom. The van der Waals surface area contributed by atoms with Gasteiger partial charge in [0, 0.05) is 31.4 Å². The van der Waals surface area contributed by atoms with Gasteiger partial charge in [0.05, 0.1) is 17.0 Å². The molecule has 0 bridgehead atoms. The van der Waals surface area contributed by atoms with Gasteiger partial charge >= 0.3 is 0 Å². The van der Waals surface area contributed by atoms with Crippen LogP contribution in [0.1, 0.15) is 5.56 Å². The number of hydrogen-bond acceptors (Lipinski definition) is 4. The van der Waals surface area contributed by atoms with Crippen LogP contribution in [0.5, 0.6) is 0 Å². The van der Waals surface area contributed by atoms with E-state index in [0.717, 1.165) is 27.8 Å². The quantitative estimate of drug-likeness (QED) is 0.542. The van der Waals surface area contributed by atoms with Crippen molar-refractivity contribution in [3.63, 3.8) is 0 Å². The zero-order valence-corrected chi connectivity index (χ0v) is 13.8. The molecule has 2 aromatic carbocycles. The highest BCUT2D eigenvalue weighted by Gasteiger charge is 2.13. The van der Waals surface area contributed by atoms with Gasteiger partial charge in [-0.25, -0.2) is 0 Å². The number of rotatable bonds is 2. The molecule has 0 radical (unpaired) electrons. The fourth-order valence-electron chi connectivity index (χ4n) is 2.95. The van der Waals surface area contributed by atoms with E-state index < -0.39 is 0 Å². The Morgan fingerprint density at radius 2 is 1.75 bits per heavy atom. The van der Waals surface area contributed by atoms with Crippen molar-refractivity contribution in [1.29, 1.82) is 0 Å². The van der Waals surface area contributed by atoms with Gasteiger partial charge in [-0.2, -0.15) is 0 Å². The normalized spacial score (nSPS) is 11.3. The van der Waals surface area contributed by atoms with Crippen LogP contribution in [-0.2, 0) is 0 Å². The van der Waals surface area contributed by atoms with Gasteiger partial charge in [0.2, 0.25) is 0 Å². The first-order valence-electron chi connectivity index (χ1n) is 7.77. The van der Waals surface area contributed by atoms with Gasteiger partial charge in [0.25, 0.3) is 0 Å². The molecule has 0 saturated carbocycles. The summed E-state index contributed by atoms with van der Waals surface area (Å²) in [5, 5.41) is 1.43. The standard InChI is InChI=1S/C20H17NO3/c1-12-11-23-17-9-8-15-16(22)10-18(24-20(15)19(12)17)13-4-6-14(7-5-13)21(2)3/h4-11H,1-3H3. The molecule has 0 aliphatic rings. The molecule has 0 amide bonds. The smallest absolute Gasteiger partial charge is 0.193 e. The molecule has 120 valence electrons. The van der Waals surface area contributed by atoms with Crippen LogP contribution in [0.2, 0.25) is 0 Å². The summed E-state index contributed by atoms with van der Waals surface area (Å²) in [6.07, 6.45) is 1.68. The minimum absolute atomic E-state index is 0.0505. The van der Waals surface area contributed by atoms with E-state index in [2.05, 4.69) is 0 Å². The van der Waals surface area contributed by atoms with Crippen LogP contribution >= 0.6 is 0 Å². The first-order chi connectivity index (χ1) is 11.5. The van der Waals surface area contributed by atoms with Crippen molar-refractivity contribution in [1.82, 2.24) is 0 Å². The van der Waals surface area contributed by atoms with E-state index in [-0.39, 0.29) is 5.43 Å². The van der Waals surface area contributed by atoms with Crippen LogP contribution in [0, 0.1) is 6.92 Å². The summed E-state index contributed by atoms with van der Waals surface area (Å²) in [5.74, 6) is 0.561. The van der Waals surface area contributed by atoms with Gasteiger partial charge in [-0.05, 0) is 48.9 Å². The minimum atomic E-state index is -0.0505. The molecule has 2 aromatic heterocycles. The Kier molecular flexibility index (Phi) is 3.20. The van der Waals surface area contributed by atoms with Crippen molar-refractivity contribution < 1.29 is 8.83 Å². The summed E-state index contributed by atoms with van der Waals surface area (Å²) < 4.78 is 11.6. The van der Waals surface area contributed by atoms with Gasteiger partial charge in [-0.3, -0.25) is 4.79 Å². The van der Waals surface area contributed by atoms with Gasteiger partial charge in [0.15, 0.2) is 5.43 Å². The molecule has 0 aliphatic heterocycles. The molecule has 0 fully saturated rings. The predicted molar refractivity (Wildman–Crippen MR) is 96.8 cm³/mol. The molecule has 0 unspecified atom stereocenters. The van der Waals surface area contributed by atoms with Crippen LogP contribution in [0.4, 0.5) is 5.69 Å². The van der Waals surface area contributed by atoms with E-state index in [1.807, 2.05) is 56.3 Å². The van der Waals surface area contributed by atoms with Gasteiger partial charge in [-0.1, -0.05) is 0 Å². The topological polar surface area (TPSA) is 46.6 Å². The maximum Gasteiger partial charge on any atom is 0.193 e. The number of fused-ring (bicyclic) bond motifs is 3. The third-order valence-corrected chi connectivity index (χ3v) is 4.28. The third-order valence-electron chi connectivity index (χ3n) is 4.28. The van der Waals surface area contributed by atoms with Crippen molar-refractivity contribution in [2.24, 2.45) is 0 Å². The second-order valence-electron chi connectivity index (χ2n) is 6.15. The van der Waals surface area contributed by atoms with E-state index in [1.165, 1.54) is 0 Å².